The number of carbonyl (C=O) groups is 1. The van der Waals surface area contributed by atoms with Crippen LogP contribution in [0.25, 0.3) is 0 Å². The van der Waals surface area contributed by atoms with Gasteiger partial charge in [0.25, 0.3) is 0 Å². The summed E-state index contributed by atoms with van der Waals surface area (Å²) < 4.78 is 21.8. The first-order valence-corrected chi connectivity index (χ1v) is 10.7. The fourth-order valence-electron chi connectivity index (χ4n) is 2.84. The van der Waals surface area contributed by atoms with Gasteiger partial charge in [0.15, 0.2) is 0 Å². The fraction of sp³-hybridized carbons (Fsp3) is 0.952. The predicted octanol–water partition coefficient (Wildman–Crippen LogP) is 1.35. The minimum atomic E-state index is -0.312. The van der Waals surface area contributed by atoms with Crippen LogP contribution in [-0.2, 0) is 23.7 Å². The Bertz CT molecular complexity index is 386. The lowest BCUT2D eigenvalue weighted by atomic mass is 10.0. The number of likely N-dealkylation sites (N-methyl/N-ethyl adjacent to an activating group) is 1. The second kappa shape index (κ2) is 19.2. The predicted molar refractivity (Wildman–Crippen MR) is 114 cm³/mol. The molecule has 0 aromatic heterocycles. The van der Waals surface area contributed by atoms with Crippen LogP contribution in [0.5, 0.6) is 0 Å². The number of rotatable bonds is 20. The van der Waals surface area contributed by atoms with E-state index in [0.29, 0.717) is 33.0 Å². The number of carbonyl (C=O) groups excluding carboxylic acids is 1. The quantitative estimate of drug-likeness (QED) is 0.256. The van der Waals surface area contributed by atoms with Crippen molar-refractivity contribution in [1.82, 2.24) is 10.6 Å². The summed E-state index contributed by atoms with van der Waals surface area (Å²) in [6.07, 6.45) is 4.75. The Hall–Kier alpha value is -0.770. The van der Waals surface area contributed by atoms with Gasteiger partial charge in [-0.3, -0.25) is 4.79 Å². The Morgan fingerprint density at radius 1 is 0.931 bits per heavy atom. The molecular formula is C21H44N2O6. The number of aliphatic hydroxyl groups excluding tert-OH is 1. The van der Waals surface area contributed by atoms with Crippen LogP contribution >= 0.6 is 0 Å². The highest BCUT2D eigenvalue weighted by atomic mass is 16.5. The van der Waals surface area contributed by atoms with E-state index in [1.807, 2.05) is 0 Å². The molecule has 0 fully saturated rings. The molecule has 0 aliphatic heterocycles. The number of hydrogen-bond donors (Lipinski definition) is 3. The topological polar surface area (TPSA) is 98.3 Å². The summed E-state index contributed by atoms with van der Waals surface area (Å²) in [6.45, 7) is 7.19. The number of amides is 1. The molecule has 0 rings (SSSR count). The molecule has 0 heterocycles. The van der Waals surface area contributed by atoms with E-state index in [4.69, 9.17) is 18.9 Å². The van der Waals surface area contributed by atoms with Crippen molar-refractivity contribution in [2.45, 2.75) is 64.2 Å². The van der Waals surface area contributed by atoms with Crippen LogP contribution in [0, 0.1) is 5.92 Å². The maximum Gasteiger partial charge on any atom is 0.239 e. The van der Waals surface area contributed by atoms with Gasteiger partial charge in [0, 0.05) is 46.5 Å². The van der Waals surface area contributed by atoms with E-state index in [-0.39, 0.29) is 36.7 Å². The van der Waals surface area contributed by atoms with Crippen molar-refractivity contribution in [2.24, 2.45) is 5.92 Å². The molecular weight excluding hydrogens is 376 g/mol. The summed E-state index contributed by atoms with van der Waals surface area (Å²) in [5.74, 6) is 0.143. The van der Waals surface area contributed by atoms with Gasteiger partial charge in [-0.05, 0) is 53.0 Å². The summed E-state index contributed by atoms with van der Waals surface area (Å²) in [6, 6.07) is -0.312. The van der Waals surface area contributed by atoms with Gasteiger partial charge in [-0.1, -0.05) is 0 Å². The van der Waals surface area contributed by atoms with Crippen LogP contribution in [0.15, 0.2) is 0 Å². The lowest BCUT2D eigenvalue weighted by molar-refractivity contribution is -0.124. The molecule has 8 heteroatoms. The molecule has 4 atom stereocenters. The zero-order valence-corrected chi connectivity index (χ0v) is 19.1. The Morgan fingerprint density at radius 2 is 1.59 bits per heavy atom. The normalized spacial score (nSPS) is 15.7. The van der Waals surface area contributed by atoms with E-state index < -0.39 is 0 Å². The van der Waals surface area contributed by atoms with Gasteiger partial charge in [0.1, 0.15) is 6.04 Å². The molecule has 0 saturated carbocycles. The number of nitrogens with one attached hydrogen (secondary N) is 2. The third kappa shape index (κ3) is 15.7. The van der Waals surface area contributed by atoms with Crippen LogP contribution in [0.3, 0.4) is 0 Å². The van der Waals surface area contributed by atoms with E-state index >= 15 is 0 Å². The molecule has 174 valence electrons. The minimum absolute atomic E-state index is 0.0394. The SMILES string of the molecule is CN[C@@H](COC)C(=O)NCCCCOC(C)CCOC(C)CCC(CO)COC. The highest BCUT2D eigenvalue weighted by Crippen LogP contribution is 2.11. The average molecular weight is 421 g/mol. The molecule has 29 heavy (non-hydrogen) atoms. The summed E-state index contributed by atoms with van der Waals surface area (Å²) in [5, 5.41) is 15.1. The molecule has 8 nitrogen and oxygen atoms in total. The minimum Gasteiger partial charge on any atom is -0.396 e. The van der Waals surface area contributed by atoms with Crippen LogP contribution in [0.2, 0.25) is 0 Å². The Morgan fingerprint density at radius 3 is 2.21 bits per heavy atom. The summed E-state index contributed by atoms with van der Waals surface area (Å²) in [7, 11) is 4.98. The standard InChI is InChI=1S/C21H44N2O6/c1-17(8-9-19(14-24)15-26-4)29-13-10-18(2)28-12-7-6-11-23-21(25)20(22-3)16-27-5/h17-20,22,24H,6-16H2,1-5H3,(H,23,25)/t17?,18?,19?,20-/m0/s1. The molecule has 3 N–H and O–H groups in total. The molecule has 0 aliphatic rings. The van der Waals surface area contributed by atoms with Gasteiger partial charge in [0.05, 0.1) is 25.4 Å². The summed E-state index contributed by atoms with van der Waals surface area (Å²) >= 11 is 0. The molecule has 0 aromatic rings. The van der Waals surface area contributed by atoms with Gasteiger partial charge in [-0.25, -0.2) is 0 Å². The third-order valence-corrected chi connectivity index (χ3v) is 4.84. The number of aliphatic hydroxyl groups is 1. The van der Waals surface area contributed by atoms with E-state index in [1.165, 1.54) is 0 Å². The Balaban J connectivity index is 3.65. The largest absolute Gasteiger partial charge is 0.396 e. The van der Waals surface area contributed by atoms with Crippen molar-refractivity contribution in [1.29, 1.82) is 0 Å². The third-order valence-electron chi connectivity index (χ3n) is 4.84. The molecule has 1 amide bonds. The van der Waals surface area contributed by atoms with Crippen LogP contribution in [0.1, 0.15) is 46.0 Å². The first-order chi connectivity index (χ1) is 14.0. The van der Waals surface area contributed by atoms with Gasteiger partial charge >= 0.3 is 0 Å². The smallest absolute Gasteiger partial charge is 0.239 e. The zero-order chi connectivity index (χ0) is 21.9. The Kier molecular flexibility index (Phi) is 18.7. The maximum atomic E-state index is 11.9. The fourth-order valence-corrected chi connectivity index (χ4v) is 2.84. The summed E-state index contributed by atoms with van der Waals surface area (Å²) in [4.78, 5) is 11.9. The van der Waals surface area contributed by atoms with E-state index in [2.05, 4.69) is 24.5 Å². The number of hydrogen-bond acceptors (Lipinski definition) is 7. The number of unbranched alkanes of at least 4 members (excludes halogenated alkanes) is 1. The number of ether oxygens (including phenoxy) is 4. The Labute approximate surface area is 177 Å². The van der Waals surface area contributed by atoms with Crippen molar-refractivity contribution < 1.29 is 28.8 Å². The molecule has 0 saturated heterocycles. The first kappa shape index (κ1) is 28.2. The van der Waals surface area contributed by atoms with Crippen molar-refractivity contribution in [3.8, 4) is 0 Å². The molecule has 0 bridgehead atoms. The lowest BCUT2D eigenvalue weighted by Gasteiger charge is -2.19. The first-order valence-electron chi connectivity index (χ1n) is 10.7. The van der Waals surface area contributed by atoms with Crippen LogP contribution in [-0.4, -0.2) is 90.1 Å². The maximum absolute atomic E-state index is 11.9. The van der Waals surface area contributed by atoms with Gasteiger partial charge in [-0.15, -0.1) is 0 Å². The van der Waals surface area contributed by atoms with Gasteiger partial charge < -0.3 is 34.7 Å². The highest BCUT2D eigenvalue weighted by molar-refractivity contribution is 5.81. The van der Waals surface area contributed by atoms with Crippen molar-refractivity contribution in [2.75, 3.05) is 60.8 Å². The molecule has 0 spiro atoms. The van der Waals surface area contributed by atoms with Crippen LogP contribution < -0.4 is 10.6 Å². The molecule has 0 aliphatic carbocycles. The second-order valence-electron chi connectivity index (χ2n) is 7.53. The number of methoxy groups -OCH3 is 2. The molecule has 3 unspecified atom stereocenters. The van der Waals surface area contributed by atoms with Crippen molar-refractivity contribution in [3.63, 3.8) is 0 Å². The van der Waals surface area contributed by atoms with E-state index in [1.54, 1.807) is 21.3 Å². The summed E-state index contributed by atoms with van der Waals surface area (Å²) in [5.41, 5.74) is 0. The van der Waals surface area contributed by atoms with E-state index in [9.17, 15) is 9.90 Å². The highest BCUT2D eigenvalue weighted by Gasteiger charge is 2.15. The molecule has 0 aromatic carbocycles. The monoisotopic (exact) mass is 420 g/mol. The van der Waals surface area contributed by atoms with Crippen LogP contribution in [0.4, 0.5) is 0 Å². The van der Waals surface area contributed by atoms with E-state index in [0.717, 1.165) is 32.1 Å². The second-order valence-corrected chi connectivity index (χ2v) is 7.53. The lowest BCUT2D eigenvalue weighted by Crippen LogP contribution is -2.45. The van der Waals surface area contributed by atoms with Crippen molar-refractivity contribution >= 4 is 5.91 Å². The molecule has 0 radical (unpaired) electrons. The van der Waals surface area contributed by atoms with Gasteiger partial charge in [0.2, 0.25) is 5.91 Å². The zero-order valence-electron chi connectivity index (χ0n) is 19.1. The van der Waals surface area contributed by atoms with Crippen molar-refractivity contribution in [3.05, 3.63) is 0 Å². The van der Waals surface area contributed by atoms with Gasteiger partial charge in [-0.2, -0.15) is 0 Å². The average Bonchev–Trinajstić information content (AvgIpc) is 2.71.